The molecular weight excluding hydrogens is 340 g/mol. The molecule has 0 aromatic heterocycles. The van der Waals surface area contributed by atoms with Crippen molar-refractivity contribution < 1.29 is 4.79 Å². The number of Topliss-reactive ketones (excluding diaryl/α,β-unsaturated/α-hetero) is 1. The molecule has 1 N–H and O–H groups in total. The normalized spacial score (nSPS) is 14.1. The highest BCUT2D eigenvalue weighted by Gasteiger charge is 2.16. The fourth-order valence-electron chi connectivity index (χ4n) is 2.06. The second kappa shape index (κ2) is 9.85. The molecule has 0 aliphatic carbocycles. The number of hydrogen-bond donors (Lipinski definition) is 1. The average Bonchev–Trinajstić information content (AvgIpc) is 2.64. The topological polar surface area (TPSA) is 68.5 Å². The molecule has 0 fully saturated rings. The summed E-state index contributed by atoms with van der Waals surface area (Å²) in [6, 6.07) is 9.32. The molecule has 0 unspecified atom stereocenters. The first-order valence-electron chi connectivity index (χ1n) is 7.36. The van der Waals surface area contributed by atoms with E-state index in [9.17, 15) is 4.79 Å². The minimum Gasteiger partial charge on any atom is -0.363 e. The minimum absolute atomic E-state index is 0.0643. The van der Waals surface area contributed by atoms with E-state index in [4.69, 9.17) is 5.26 Å². The minimum atomic E-state index is 0.0643. The number of nitriles is 1. The quantitative estimate of drug-likeness (QED) is 0.210. The Morgan fingerprint density at radius 2 is 2.21 bits per heavy atom. The van der Waals surface area contributed by atoms with Crippen molar-refractivity contribution in [3.05, 3.63) is 59.8 Å². The van der Waals surface area contributed by atoms with Crippen molar-refractivity contribution in [3.63, 3.8) is 0 Å². The van der Waals surface area contributed by atoms with Gasteiger partial charge in [0.25, 0.3) is 0 Å². The van der Waals surface area contributed by atoms with Crippen LogP contribution in [0.4, 0.5) is 0 Å². The summed E-state index contributed by atoms with van der Waals surface area (Å²) < 4.78 is 2.04. The number of benzene rings is 1. The van der Waals surface area contributed by atoms with Crippen LogP contribution in [0.3, 0.4) is 0 Å². The van der Waals surface area contributed by atoms with E-state index in [1.807, 2.05) is 59.2 Å². The van der Waals surface area contributed by atoms with Crippen LogP contribution in [0.15, 0.2) is 59.2 Å². The molecule has 1 aromatic carbocycles. The smallest absolute Gasteiger partial charge is 0.208 e. The van der Waals surface area contributed by atoms with Gasteiger partial charge in [-0.25, -0.2) is 0 Å². The maximum Gasteiger partial charge on any atom is 0.208 e. The Kier molecular flexibility index (Phi) is 7.46. The number of rotatable bonds is 6. The number of aliphatic imine (C=N–C) groups is 1. The fourth-order valence-corrected chi connectivity index (χ4v) is 3.26. The molecule has 1 aliphatic heterocycles. The predicted molar refractivity (Wildman–Crippen MR) is 102 cm³/mol. The molecule has 1 aliphatic rings. The Balaban J connectivity index is 1.81. The molecule has 0 atom stereocenters. The van der Waals surface area contributed by atoms with Crippen molar-refractivity contribution in [2.24, 2.45) is 4.99 Å². The number of carbonyl (C=O) groups excluding carboxylic acids is 1. The van der Waals surface area contributed by atoms with Crippen LogP contribution in [-0.2, 0) is 0 Å². The molecule has 5 nitrogen and oxygen atoms in total. The standard InChI is InChI=1S/C17H18N4OS2/c1-23-17(20-13-18)19-9-11-24-21-10-5-8-15(12-21)16(22)14-6-3-2-4-7-14/h2-8,10H,9,11-12H2,1H3,(H,19,20). The molecule has 0 amide bonds. The van der Waals surface area contributed by atoms with Crippen LogP contribution in [0.2, 0.25) is 0 Å². The van der Waals surface area contributed by atoms with Crippen LogP contribution in [0, 0.1) is 11.5 Å². The summed E-state index contributed by atoms with van der Waals surface area (Å²) in [7, 11) is 0. The number of thioether (sulfide) groups is 1. The number of hydrogen-bond acceptors (Lipinski definition) is 6. The summed E-state index contributed by atoms with van der Waals surface area (Å²) in [6.45, 7) is 1.28. The van der Waals surface area contributed by atoms with Crippen LogP contribution in [0.1, 0.15) is 10.4 Å². The van der Waals surface area contributed by atoms with E-state index in [0.29, 0.717) is 23.8 Å². The van der Waals surface area contributed by atoms with Crippen molar-refractivity contribution in [1.82, 2.24) is 9.62 Å². The van der Waals surface area contributed by atoms with Crippen LogP contribution in [0.5, 0.6) is 0 Å². The van der Waals surface area contributed by atoms with Crippen molar-refractivity contribution >= 4 is 34.7 Å². The Hall–Kier alpha value is -2.17. The van der Waals surface area contributed by atoms with Gasteiger partial charge < -0.3 is 9.62 Å². The fraction of sp³-hybridized carbons (Fsp3) is 0.235. The summed E-state index contributed by atoms with van der Waals surface area (Å²) in [5.74, 6) is 0.872. The molecule has 7 heteroatoms. The zero-order valence-electron chi connectivity index (χ0n) is 13.3. The zero-order valence-corrected chi connectivity index (χ0v) is 14.9. The third-order valence-corrected chi connectivity index (χ3v) is 4.78. The van der Waals surface area contributed by atoms with Crippen molar-refractivity contribution in [1.29, 1.82) is 5.26 Å². The van der Waals surface area contributed by atoms with Crippen molar-refractivity contribution in [3.8, 4) is 6.19 Å². The summed E-state index contributed by atoms with van der Waals surface area (Å²) in [5, 5.41) is 12.3. The van der Waals surface area contributed by atoms with Crippen LogP contribution in [0.25, 0.3) is 0 Å². The lowest BCUT2D eigenvalue weighted by Gasteiger charge is -2.23. The van der Waals surface area contributed by atoms with Crippen LogP contribution >= 0.6 is 23.7 Å². The van der Waals surface area contributed by atoms with Gasteiger partial charge in [-0.3, -0.25) is 4.79 Å². The SMILES string of the molecule is CS/C(=N\C#N)NCCSN1C=CC=C(C(=O)c2ccccc2)C1. The van der Waals surface area contributed by atoms with E-state index < -0.39 is 0 Å². The molecule has 0 radical (unpaired) electrons. The molecule has 0 spiro atoms. The highest BCUT2D eigenvalue weighted by Crippen LogP contribution is 2.19. The third kappa shape index (κ3) is 5.48. The molecule has 24 heavy (non-hydrogen) atoms. The Labute approximate surface area is 150 Å². The second-order valence-electron chi connectivity index (χ2n) is 4.78. The molecule has 0 saturated carbocycles. The van der Waals surface area contributed by atoms with Gasteiger partial charge >= 0.3 is 0 Å². The molecule has 1 aromatic rings. The lowest BCUT2D eigenvalue weighted by Crippen LogP contribution is -2.25. The molecule has 0 saturated heterocycles. The van der Waals surface area contributed by atoms with E-state index in [-0.39, 0.29) is 5.78 Å². The monoisotopic (exact) mass is 358 g/mol. The molecule has 1 heterocycles. The van der Waals surface area contributed by atoms with Gasteiger partial charge in [-0.2, -0.15) is 5.26 Å². The number of nitrogens with one attached hydrogen (secondary N) is 1. The summed E-state index contributed by atoms with van der Waals surface area (Å²) in [4.78, 5) is 16.2. The largest absolute Gasteiger partial charge is 0.363 e. The van der Waals surface area contributed by atoms with Crippen LogP contribution in [-0.4, -0.2) is 40.4 Å². The number of carbonyl (C=O) groups is 1. The van der Waals surface area contributed by atoms with Gasteiger partial charge in [0.05, 0.1) is 6.54 Å². The van der Waals surface area contributed by atoms with E-state index >= 15 is 0 Å². The van der Waals surface area contributed by atoms with Gasteiger partial charge in [0, 0.05) is 29.6 Å². The second-order valence-corrected chi connectivity index (χ2v) is 6.72. The molecular formula is C17H18N4OS2. The molecule has 0 bridgehead atoms. The van der Waals surface area contributed by atoms with Crippen molar-refractivity contribution in [2.45, 2.75) is 0 Å². The van der Waals surface area contributed by atoms with E-state index in [1.165, 1.54) is 11.8 Å². The first kappa shape index (κ1) is 18.2. The van der Waals surface area contributed by atoms with E-state index in [1.54, 1.807) is 18.1 Å². The maximum atomic E-state index is 12.5. The highest BCUT2D eigenvalue weighted by atomic mass is 32.2. The lowest BCUT2D eigenvalue weighted by atomic mass is 10.0. The summed E-state index contributed by atoms with van der Waals surface area (Å²) >= 11 is 3.04. The van der Waals surface area contributed by atoms with E-state index in [0.717, 1.165) is 11.3 Å². The maximum absolute atomic E-state index is 12.5. The number of amidine groups is 1. The highest BCUT2D eigenvalue weighted by molar-refractivity contribution is 8.13. The van der Waals surface area contributed by atoms with Gasteiger partial charge in [0.15, 0.2) is 11.0 Å². The number of ketones is 1. The number of allylic oxidation sites excluding steroid dienone is 2. The Bertz CT molecular complexity index is 692. The summed E-state index contributed by atoms with van der Waals surface area (Å²) in [6.07, 6.45) is 9.37. The average molecular weight is 358 g/mol. The number of nitrogens with zero attached hydrogens (tertiary/aromatic N) is 3. The Morgan fingerprint density at radius 3 is 2.92 bits per heavy atom. The third-order valence-electron chi connectivity index (χ3n) is 3.18. The van der Waals surface area contributed by atoms with Gasteiger partial charge in [0.2, 0.25) is 6.19 Å². The van der Waals surface area contributed by atoms with E-state index in [2.05, 4.69) is 10.3 Å². The van der Waals surface area contributed by atoms with Gasteiger partial charge in [-0.15, -0.1) is 4.99 Å². The van der Waals surface area contributed by atoms with Gasteiger partial charge in [-0.1, -0.05) is 48.2 Å². The predicted octanol–water partition coefficient (Wildman–Crippen LogP) is 3.06. The summed E-state index contributed by atoms with van der Waals surface area (Å²) in [5.41, 5.74) is 1.49. The molecule has 124 valence electrons. The zero-order chi connectivity index (χ0) is 17.2. The Morgan fingerprint density at radius 1 is 1.42 bits per heavy atom. The van der Waals surface area contributed by atoms with Crippen molar-refractivity contribution in [2.75, 3.05) is 25.1 Å². The lowest BCUT2D eigenvalue weighted by molar-refractivity contribution is 0.103. The van der Waals surface area contributed by atoms with Gasteiger partial charge in [-0.05, 0) is 24.3 Å². The van der Waals surface area contributed by atoms with Crippen LogP contribution < -0.4 is 5.32 Å². The molecule has 2 rings (SSSR count). The first-order chi connectivity index (χ1) is 11.7. The van der Waals surface area contributed by atoms with Gasteiger partial charge in [0.1, 0.15) is 0 Å². The first-order valence-corrected chi connectivity index (χ1v) is 9.52.